The second kappa shape index (κ2) is 16.4. The van der Waals surface area contributed by atoms with E-state index >= 15 is 0 Å². The Labute approximate surface area is 145 Å². The van der Waals surface area contributed by atoms with Crippen molar-refractivity contribution in [2.45, 2.75) is 70.8 Å². The molecule has 0 fully saturated rings. The van der Waals surface area contributed by atoms with E-state index in [1.54, 1.807) is 7.11 Å². The number of rotatable bonds is 16. The average Bonchev–Trinajstić information content (AvgIpc) is 2.46. The fourth-order valence-corrected chi connectivity index (χ4v) is 3.68. The number of aliphatic carboxylic acids is 1. The van der Waals surface area contributed by atoms with Crippen molar-refractivity contribution in [1.82, 2.24) is 0 Å². The standard InChI is InChI=1S/C17H37NO3Si.H2O/c1-4-5-6-7-8-9-10-11-13-18(2,16-17(19)20)14-12-15-22-21-3;/h4-16,22H2,1-3H3;1H2. The van der Waals surface area contributed by atoms with Gasteiger partial charge < -0.3 is 19.5 Å². The van der Waals surface area contributed by atoms with Gasteiger partial charge in [0.2, 0.25) is 0 Å². The predicted octanol–water partition coefficient (Wildman–Crippen LogP) is 3.02. The third kappa shape index (κ3) is 16.2. The maximum absolute atomic E-state index is 11.1. The average molecular weight is 350 g/mol. The molecule has 6 heteroatoms. The zero-order chi connectivity index (χ0) is 16.7. The van der Waals surface area contributed by atoms with Gasteiger partial charge in [-0.2, -0.15) is 0 Å². The van der Waals surface area contributed by atoms with E-state index < -0.39 is 5.97 Å². The van der Waals surface area contributed by atoms with E-state index in [1.165, 1.54) is 44.9 Å². The number of likely N-dealkylation sites (N-methyl/N-ethyl adjacent to an activating group) is 1. The van der Waals surface area contributed by atoms with Gasteiger partial charge in [0.25, 0.3) is 0 Å². The molecule has 0 aliphatic carbocycles. The Balaban J connectivity index is 0. The van der Waals surface area contributed by atoms with E-state index in [-0.39, 0.29) is 21.8 Å². The molecule has 0 radical (unpaired) electrons. The Morgan fingerprint density at radius 3 is 2.04 bits per heavy atom. The molecule has 0 saturated heterocycles. The molecule has 0 heterocycles. The summed E-state index contributed by atoms with van der Waals surface area (Å²) in [5.41, 5.74) is 0. The summed E-state index contributed by atoms with van der Waals surface area (Å²) in [7, 11) is 3.51. The van der Waals surface area contributed by atoms with Crippen molar-refractivity contribution in [3.8, 4) is 0 Å². The van der Waals surface area contributed by atoms with Crippen LogP contribution in [0.1, 0.15) is 64.7 Å². The predicted molar refractivity (Wildman–Crippen MR) is 97.9 cm³/mol. The molecule has 140 valence electrons. The molecule has 0 spiro atoms. The van der Waals surface area contributed by atoms with Crippen LogP contribution in [-0.4, -0.2) is 64.6 Å². The lowest BCUT2D eigenvalue weighted by Gasteiger charge is -2.33. The molecule has 0 bridgehead atoms. The van der Waals surface area contributed by atoms with E-state index in [9.17, 15) is 4.79 Å². The number of carboxylic acid groups (broad SMARTS) is 1. The summed E-state index contributed by atoms with van der Waals surface area (Å²) in [6.07, 6.45) is 11.5. The minimum Gasteiger partial charge on any atom is -0.870 e. The first-order chi connectivity index (χ1) is 10.5. The van der Waals surface area contributed by atoms with Gasteiger partial charge in [0.1, 0.15) is 0 Å². The number of quaternary nitrogens is 1. The normalized spacial score (nSPS) is 13.9. The first kappa shape index (κ1) is 24.8. The Kier molecular flexibility index (Phi) is 17.7. The molecule has 0 aromatic heterocycles. The van der Waals surface area contributed by atoms with Gasteiger partial charge in [-0.25, -0.2) is 4.79 Å². The Hall–Kier alpha value is -0.433. The van der Waals surface area contributed by atoms with Crippen molar-refractivity contribution in [2.24, 2.45) is 0 Å². The van der Waals surface area contributed by atoms with E-state index in [1.807, 2.05) is 0 Å². The highest BCUT2D eigenvalue weighted by atomic mass is 28.2. The maximum Gasteiger partial charge on any atom is 0.359 e. The summed E-state index contributed by atoms with van der Waals surface area (Å²) in [5, 5.41) is 9.14. The number of nitrogens with zero attached hydrogens (tertiary/aromatic N) is 1. The van der Waals surface area contributed by atoms with Crippen molar-refractivity contribution < 1.29 is 24.3 Å². The summed E-state index contributed by atoms with van der Waals surface area (Å²) in [5.74, 6) is -0.675. The van der Waals surface area contributed by atoms with Crippen molar-refractivity contribution in [3.05, 3.63) is 0 Å². The minimum absolute atomic E-state index is 0. The van der Waals surface area contributed by atoms with Gasteiger partial charge in [-0.1, -0.05) is 45.4 Å². The Morgan fingerprint density at radius 2 is 1.52 bits per heavy atom. The highest BCUT2D eigenvalue weighted by molar-refractivity contribution is 6.26. The number of hydrogen-bond donors (Lipinski definition) is 1. The SMILES string of the molecule is CCCCCCCCCC[N+](C)(CCC[SiH2]OC)CC(=O)O.[OH-]. The van der Waals surface area contributed by atoms with Gasteiger partial charge >= 0.3 is 5.97 Å². The van der Waals surface area contributed by atoms with E-state index in [0.29, 0.717) is 4.48 Å². The van der Waals surface area contributed by atoms with Gasteiger partial charge in [-0.05, 0) is 25.3 Å². The summed E-state index contributed by atoms with van der Waals surface area (Å²) in [6.45, 7) is 4.47. The van der Waals surface area contributed by atoms with Gasteiger partial charge in [0, 0.05) is 7.11 Å². The second-order valence-electron chi connectivity index (χ2n) is 6.79. The fraction of sp³-hybridized carbons (Fsp3) is 0.941. The molecular formula is C17H39NO4Si. The summed E-state index contributed by atoms with van der Waals surface area (Å²) in [4.78, 5) is 11.1. The van der Waals surface area contributed by atoms with Crippen molar-refractivity contribution in [3.63, 3.8) is 0 Å². The second-order valence-corrected chi connectivity index (χ2v) is 8.49. The van der Waals surface area contributed by atoms with Crippen LogP contribution in [0.5, 0.6) is 0 Å². The first-order valence-electron chi connectivity index (χ1n) is 9.08. The van der Waals surface area contributed by atoms with Crippen molar-refractivity contribution in [1.29, 1.82) is 0 Å². The lowest BCUT2D eigenvalue weighted by molar-refractivity contribution is -0.902. The molecule has 1 unspecified atom stereocenters. The topological polar surface area (TPSA) is 76.5 Å². The quantitative estimate of drug-likeness (QED) is 0.264. The van der Waals surface area contributed by atoms with Crippen LogP contribution in [0.3, 0.4) is 0 Å². The van der Waals surface area contributed by atoms with Crippen LogP contribution < -0.4 is 0 Å². The van der Waals surface area contributed by atoms with Crippen molar-refractivity contribution in [2.75, 3.05) is 33.8 Å². The van der Waals surface area contributed by atoms with E-state index in [0.717, 1.165) is 32.0 Å². The third-order valence-electron chi connectivity index (χ3n) is 4.36. The summed E-state index contributed by atoms with van der Waals surface area (Å²) < 4.78 is 5.89. The highest BCUT2D eigenvalue weighted by Gasteiger charge is 2.24. The summed E-state index contributed by atoms with van der Waals surface area (Å²) >= 11 is 0. The lowest BCUT2D eigenvalue weighted by atomic mass is 10.1. The number of unbranched alkanes of at least 4 members (excludes halogenated alkanes) is 7. The van der Waals surface area contributed by atoms with Crippen LogP contribution in [0.15, 0.2) is 0 Å². The Morgan fingerprint density at radius 1 is 1.00 bits per heavy atom. The maximum atomic E-state index is 11.1. The molecule has 0 aromatic carbocycles. The molecule has 2 N–H and O–H groups in total. The molecular weight excluding hydrogens is 310 g/mol. The number of carbonyl (C=O) groups is 1. The fourth-order valence-electron chi connectivity index (χ4n) is 2.96. The molecule has 0 aliphatic rings. The molecule has 0 saturated carbocycles. The number of carboxylic acids is 1. The highest BCUT2D eigenvalue weighted by Crippen LogP contribution is 2.12. The van der Waals surface area contributed by atoms with Crippen LogP contribution in [0.2, 0.25) is 6.04 Å². The lowest BCUT2D eigenvalue weighted by Crippen LogP contribution is -2.49. The van der Waals surface area contributed by atoms with E-state index in [2.05, 4.69) is 14.0 Å². The van der Waals surface area contributed by atoms with Gasteiger partial charge in [0.15, 0.2) is 16.3 Å². The summed E-state index contributed by atoms with van der Waals surface area (Å²) in [6, 6.07) is 1.15. The molecule has 0 aromatic rings. The largest absolute Gasteiger partial charge is 0.870 e. The molecule has 0 aliphatic heterocycles. The third-order valence-corrected chi connectivity index (χ3v) is 5.56. The molecule has 1 atom stereocenters. The van der Waals surface area contributed by atoms with Crippen LogP contribution >= 0.6 is 0 Å². The van der Waals surface area contributed by atoms with Gasteiger partial charge in [0.05, 0.1) is 20.1 Å². The zero-order valence-corrected chi connectivity index (χ0v) is 17.0. The Bertz CT molecular complexity index is 279. The molecule has 5 nitrogen and oxygen atoms in total. The minimum atomic E-state index is -0.675. The van der Waals surface area contributed by atoms with Crippen LogP contribution in [-0.2, 0) is 9.22 Å². The van der Waals surface area contributed by atoms with Crippen LogP contribution in [0.4, 0.5) is 0 Å². The molecule has 0 amide bonds. The molecule has 23 heavy (non-hydrogen) atoms. The van der Waals surface area contributed by atoms with Gasteiger partial charge in [-0.15, -0.1) is 0 Å². The smallest absolute Gasteiger partial charge is 0.359 e. The zero-order valence-electron chi connectivity index (χ0n) is 15.6. The first-order valence-corrected chi connectivity index (χ1v) is 10.7. The number of hydrogen-bond acceptors (Lipinski definition) is 3. The van der Waals surface area contributed by atoms with Crippen molar-refractivity contribution >= 4 is 15.7 Å². The van der Waals surface area contributed by atoms with E-state index in [4.69, 9.17) is 9.53 Å². The molecule has 0 rings (SSSR count). The monoisotopic (exact) mass is 349 g/mol. The van der Waals surface area contributed by atoms with Crippen LogP contribution in [0, 0.1) is 0 Å². The van der Waals surface area contributed by atoms with Crippen LogP contribution in [0.25, 0.3) is 0 Å². The van der Waals surface area contributed by atoms with Gasteiger partial charge in [-0.3, -0.25) is 0 Å².